The van der Waals surface area contributed by atoms with E-state index in [2.05, 4.69) is 17.4 Å². The van der Waals surface area contributed by atoms with Gasteiger partial charge in [0.2, 0.25) is 5.91 Å². The predicted molar refractivity (Wildman–Crippen MR) is 128 cm³/mol. The van der Waals surface area contributed by atoms with Crippen LogP contribution in [0.15, 0.2) is 85.2 Å². The number of hydrogen-bond acceptors (Lipinski definition) is 3. The summed E-state index contributed by atoms with van der Waals surface area (Å²) in [5.41, 5.74) is 5.40. The van der Waals surface area contributed by atoms with Crippen LogP contribution in [0.3, 0.4) is 0 Å². The number of rotatable bonds is 5. The highest BCUT2D eigenvalue weighted by atomic mass is 16.5. The Bertz CT molecular complexity index is 1450. The largest absolute Gasteiger partial charge is 0.495 e. The number of carbonyl (C=O) groups is 1. The lowest BCUT2D eigenvalue weighted by molar-refractivity contribution is -0.115. The van der Waals surface area contributed by atoms with Gasteiger partial charge >= 0.3 is 0 Å². The Hall–Kier alpha value is -4.12. The number of imidazole rings is 1. The lowest BCUT2D eigenvalue weighted by atomic mass is 10.0. The van der Waals surface area contributed by atoms with Gasteiger partial charge in [0, 0.05) is 18.0 Å². The van der Waals surface area contributed by atoms with Crippen molar-refractivity contribution in [1.82, 2.24) is 9.38 Å². The summed E-state index contributed by atoms with van der Waals surface area (Å²) in [6.07, 6.45) is 4.25. The molecule has 0 atom stereocenters. The molecule has 5 heteroatoms. The number of carbonyl (C=O) groups excluding carboxylic acids is 1. The van der Waals surface area contributed by atoms with Gasteiger partial charge in [-0.3, -0.25) is 4.79 Å². The first-order chi connectivity index (χ1) is 15.6. The minimum atomic E-state index is -0.0948. The van der Waals surface area contributed by atoms with E-state index in [0.717, 1.165) is 38.8 Å². The van der Waals surface area contributed by atoms with Crippen molar-refractivity contribution < 1.29 is 9.53 Å². The first kappa shape index (κ1) is 19.8. The normalized spacial score (nSPS) is 11.1. The summed E-state index contributed by atoms with van der Waals surface area (Å²) in [6, 6.07) is 23.9. The lowest BCUT2D eigenvalue weighted by Crippen LogP contribution is -2.15. The van der Waals surface area contributed by atoms with Crippen LogP contribution in [0.2, 0.25) is 0 Å². The zero-order chi connectivity index (χ0) is 22.1. The Balaban J connectivity index is 1.44. The van der Waals surface area contributed by atoms with Crippen molar-refractivity contribution in [1.29, 1.82) is 0 Å². The molecule has 0 aliphatic heterocycles. The SMILES string of the molecule is COc1ccc(-c2cn3cccc(C)c3n2)cc1NC(=O)Cc1cccc2ccccc12. The molecule has 0 spiro atoms. The molecule has 5 nitrogen and oxygen atoms in total. The van der Waals surface area contributed by atoms with Crippen molar-refractivity contribution in [2.24, 2.45) is 0 Å². The van der Waals surface area contributed by atoms with Crippen LogP contribution in [-0.4, -0.2) is 22.4 Å². The van der Waals surface area contributed by atoms with Crippen molar-refractivity contribution >= 4 is 28.0 Å². The summed E-state index contributed by atoms with van der Waals surface area (Å²) in [5.74, 6) is 0.516. The molecule has 32 heavy (non-hydrogen) atoms. The first-order valence-corrected chi connectivity index (χ1v) is 10.5. The third-order valence-corrected chi connectivity index (χ3v) is 5.68. The molecular formula is C27H23N3O2. The van der Waals surface area contributed by atoms with Crippen LogP contribution in [0.4, 0.5) is 5.69 Å². The van der Waals surface area contributed by atoms with Gasteiger partial charge in [-0.15, -0.1) is 0 Å². The van der Waals surface area contributed by atoms with Gasteiger partial charge < -0.3 is 14.5 Å². The number of nitrogens with one attached hydrogen (secondary N) is 1. The average Bonchev–Trinajstić information content (AvgIpc) is 3.25. The summed E-state index contributed by atoms with van der Waals surface area (Å²) in [4.78, 5) is 17.7. The highest BCUT2D eigenvalue weighted by Gasteiger charge is 2.13. The number of pyridine rings is 1. The molecule has 1 N–H and O–H groups in total. The van der Waals surface area contributed by atoms with Crippen LogP contribution in [0.5, 0.6) is 5.75 Å². The summed E-state index contributed by atoms with van der Waals surface area (Å²) >= 11 is 0. The number of benzene rings is 3. The standard InChI is InChI=1S/C27H23N3O2/c1-18-7-6-14-30-17-24(29-27(18)30)21-12-13-25(32-2)23(15-21)28-26(31)16-20-10-5-9-19-8-3-4-11-22(19)20/h3-15,17H,16H2,1-2H3,(H,28,31). The van der Waals surface area contributed by atoms with Crippen LogP contribution in [0, 0.1) is 6.92 Å². The second-order valence-electron chi connectivity index (χ2n) is 7.83. The predicted octanol–water partition coefficient (Wildman–Crippen LogP) is 5.65. The monoisotopic (exact) mass is 421 g/mol. The summed E-state index contributed by atoms with van der Waals surface area (Å²) in [6.45, 7) is 2.04. The van der Waals surface area contributed by atoms with E-state index in [1.54, 1.807) is 7.11 Å². The maximum Gasteiger partial charge on any atom is 0.228 e. The Labute approximate surface area is 186 Å². The highest BCUT2D eigenvalue weighted by molar-refractivity contribution is 5.97. The smallest absolute Gasteiger partial charge is 0.228 e. The van der Waals surface area contributed by atoms with Gasteiger partial charge in [0.1, 0.15) is 11.4 Å². The van der Waals surface area contributed by atoms with Gasteiger partial charge in [0.15, 0.2) is 0 Å². The minimum absolute atomic E-state index is 0.0948. The zero-order valence-corrected chi connectivity index (χ0v) is 18.0. The third kappa shape index (κ3) is 3.69. The molecule has 0 fully saturated rings. The minimum Gasteiger partial charge on any atom is -0.495 e. The zero-order valence-electron chi connectivity index (χ0n) is 18.0. The van der Waals surface area contributed by atoms with Gasteiger partial charge in [-0.25, -0.2) is 4.98 Å². The van der Waals surface area contributed by atoms with Crippen LogP contribution >= 0.6 is 0 Å². The van der Waals surface area contributed by atoms with E-state index in [9.17, 15) is 4.79 Å². The summed E-state index contributed by atoms with van der Waals surface area (Å²) in [7, 11) is 1.60. The number of hydrogen-bond donors (Lipinski definition) is 1. The number of nitrogens with zero attached hydrogens (tertiary/aromatic N) is 2. The number of aromatic nitrogens is 2. The summed E-state index contributed by atoms with van der Waals surface area (Å²) < 4.78 is 7.50. The van der Waals surface area contributed by atoms with Gasteiger partial charge in [-0.1, -0.05) is 48.5 Å². The molecule has 0 aliphatic rings. The van der Waals surface area contributed by atoms with Gasteiger partial charge in [-0.05, 0) is 53.1 Å². The van der Waals surface area contributed by atoms with Crippen LogP contribution < -0.4 is 10.1 Å². The maximum absolute atomic E-state index is 12.9. The van der Waals surface area contributed by atoms with E-state index in [0.29, 0.717) is 11.4 Å². The second kappa shape index (κ2) is 8.19. The average molecular weight is 422 g/mol. The van der Waals surface area contributed by atoms with Crippen molar-refractivity contribution in [2.45, 2.75) is 13.3 Å². The Morgan fingerprint density at radius 2 is 1.88 bits per heavy atom. The fourth-order valence-corrected chi connectivity index (χ4v) is 4.07. The Kier molecular flexibility index (Phi) is 5.07. The number of fused-ring (bicyclic) bond motifs is 2. The number of amides is 1. The van der Waals surface area contributed by atoms with Crippen molar-refractivity contribution in [3.05, 3.63) is 96.3 Å². The second-order valence-corrected chi connectivity index (χ2v) is 7.83. The van der Waals surface area contributed by atoms with Crippen molar-refractivity contribution in [2.75, 3.05) is 12.4 Å². The molecule has 5 rings (SSSR count). The Morgan fingerprint density at radius 3 is 2.72 bits per heavy atom. The molecule has 1 amide bonds. The van der Waals surface area contributed by atoms with Crippen LogP contribution in [0.1, 0.15) is 11.1 Å². The molecule has 2 aromatic heterocycles. The molecule has 5 aromatic rings. The van der Waals surface area contributed by atoms with Crippen LogP contribution in [0.25, 0.3) is 27.7 Å². The first-order valence-electron chi connectivity index (χ1n) is 10.5. The van der Waals surface area contributed by atoms with E-state index in [1.807, 2.05) is 84.4 Å². The van der Waals surface area contributed by atoms with E-state index < -0.39 is 0 Å². The van der Waals surface area contributed by atoms with E-state index >= 15 is 0 Å². The Morgan fingerprint density at radius 1 is 1.03 bits per heavy atom. The summed E-state index contributed by atoms with van der Waals surface area (Å²) in [5, 5.41) is 5.24. The molecule has 0 radical (unpaired) electrons. The van der Waals surface area contributed by atoms with Crippen molar-refractivity contribution in [3.8, 4) is 17.0 Å². The van der Waals surface area contributed by atoms with Crippen LogP contribution in [-0.2, 0) is 11.2 Å². The molecule has 0 bridgehead atoms. The fourth-order valence-electron chi connectivity index (χ4n) is 4.07. The molecule has 2 heterocycles. The van der Waals surface area contributed by atoms with E-state index in [1.165, 1.54) is 0 Å². The van der Waals surface area contributed by atoms with E-state index in [4.69, 9.17) is 9.72 Å². The number of methoxy groups -OCH3 is 1. The maximum atomic E-state index is 12.9. The quantitative estimate of drug-likeness (QED) is 0.399. The molecule has 3 aromatic carbocycles. The number of aryl methyl sites for hydroxylation is 1. The van der Waals surface area contributed by atoms with E-state index in [-0.39, 0.29) is 12.3 Å². The third-order valence-electron chi connectivity index (χ3n) is 5.68. The molecular weight excluding hydrogens is 398 g/mol. The molecule has 0 unspecified atom stereocenters. The van der Waals surface area contributed by atoms with Gasteiger partial charge in [-0.2, -0.15) is 0 Å². The lowest BCUT2D eigenvalue weighted by Gasteiger charge is -2.12. The fraction of sp³-hybridized carbons (Fsp3) is 0.111. The molecule has 158 valence electrons. The number of ether oxygens (including phenoxy) is 1. The number of anilines is 1. The topological polar surface area (TPSA) is 55.6 Å². The molecule has 0 saturated carbocycles. The van der Waals surface area contributed by atoms with Gasteiger partial charge in [0.25, 0.3) is 0 Å². The van der Waals surface area contributed by atoms with Gasteiger partial charge in [0.05, 0.1) is 24.9 Å². The molecule has 0 saturated heterocycles. The van der Waals surface area contributed by atoms with Crippen molar-refractivity contribution in [3.63, 3.8) is 0 Å². The molecule has 0 aliphatic carbocycles. The highest BCUT2D eigenvalue weighted by Crippen LogP contribution is 2.31.